The molecule has 0 aliphatic carbocycles. The lowest BCUT2D eigenvalue weighted by molar-refractivity contribution is -0.132. The van der Waals surface area contributed by atoms with Gasteiger partial charge < -0.3 is 10.2 Å². The standard InChI is InChI=1S/C17H26N2O.ClH/c1-3-14(15-7-5-4-6-8-15)13-17(20)19(2)16-9-11-18-12-10-16;/h4-8,14,16,18H,3,9-13H2,1-2H3;1H. The second kappa shape index (κ2) is 9.06. The highest BCUT2D eigenvalue weighted by Crippen LogP contribution is 2.24. The lowest BCUT2D eigenvalue weighted by Gasteiger charge is -2.32. The third-order valence-electron chi connectivity index (χ3n) is 4.43. The second-order valence-electron chi connectivity index (χ2n) is 5.71. The Balaban J connectivity index is 0.00000220. The fourth-order valence-electron chi connectivity index (χ4n) is 2.98. The zero-order valence-corrected chi connectivity index (χ0v) is 13.9. The Labute approximate surface area is 134 Å². The topological polar surface area (TPSA) is 32.3 Å². The van der Waals surface area contributed by atoms with Crippen molar-refractivity contribution < 1.29 is 4.79 Å². The summed E-state index contributed by atoms with van der Waals surface area (Å²) in [5.41, 5.74) is 1.28. The molecule has 1 aliphatic rings. The number of halogens is 1. The van der Waals surface area contributed by atoms with Crippen molar-refractivity contribution in [2.45, 2.75) is 44.6 Å². The van der Waals surface area contributed by atoms with Gasteiger partial charge in [0.15, 0.2) is 0 Å². The van der Waals surface area contributed by atoms with E-state index < -0.39 is 0 Å². The molecule has 1 aliphatic heterocycles. The summed E-state index contributed by atoms with van der Waals surface area (Å²) in [6.07, 6.45) is 3.78. The maximum atomic E-state index is 12.5. The van der Waals surface area contributed by atoms with Crippen molar-refractivity contribution in [1.82, 2.24) is 10.2 Å². The van der Waals surface area contributed by atoms with E-state index in [4.69, 9.17) is 0 Å². The largest absolute Gasteiger partial charge is 0.343 e. The summed E-state index contributed by atoms with van der Waals surface area (Å²) in [5, 5.41) is 3.35. The smallest absolute Gasteiger partial charge is 0.223 e. The first kappa shape index (κ1) is 18.0. The fraction of sp³-hybridized carbons (Fsp3) is 0.588. The Bertz CT molecular complexity index is 418. The maximum absolute atomic E-state index is 12.5. The zero-order chi connectivity index (χ0) is 14.4. The third kappa shape index (κ3) is 5.01. The van der Waals surface area contributed by atoms with Crippen LogP contribution < -0.4 is 5.32 Å². The molecule has 1 saturated heterocycles. The quantitative estimate of drug-likeness (QED) is 0.906. The molecule has 1 fully saturated rings. The summed E-state index contributed by atoms with van der Waals surface area (Å²) in [4.78, 5) is 14.5. The molecule has 1 aromatic rings. The molecule has 1 N–H and O–H groups in total. The minimum absolute atomic E-state index is 0. The van der Waals surface area contributed by atoms with Crippen LogP contribution in [-0.4, -0.2) is 37.0 Å². The molecule has 4 heteroatoms. The van der Waals surface area contributed by atoms with Gasteiger partial charge in [-0.2, -0.15) is 0 Å². The molecule has 118 valence electrons. The van der Waals surface area contributed by atoms with Crippen LogP contribution in [0.5, 0.6) is 0 Å². The summed E-state index contributed by atoms with van der Waals surface area (Å²) >= 11 is 0. The molecular weight excluding hydrogens is 284 g/mol. The molecule has 1 aromatic carbocycles. The van der Waals surface area contributed by atoms with E-state index >= 15 is 0 Å². The summed E-state index contributed by atoms with van der Waals surface area (Å²) in [7, 11) is 1.97. The van der Waals surface area contributed by atoms with Gasteiger partial charge in [-0.05, 0) is 43.8 Å². The van der Waals surface area contributed by atoms with E-state index in [2.05, 4.69) is 36.5 Å². The number of carbonyl (C=O) groups excluding carboxylic acids is 1. The van der Waals surface area contributed by atoms with Crippen molar-refractivity contribution in [2.75, 3.05) is 20.1 Å². The predicted molar refractivity (Wildman–Crippen MR) is 90.0 cm³/mol. The average molecular weight is 311 g/mol. The fourth-order valence-corrected chi connectivity index (χ4v) is 2.98. The van der Waals surface area contributed by atoms with Crippen LogP contribution in [0, 0.1) is 0 Å². The third-order valence-corrected chi connectivity index (χ3v) is 4.43. The Morgan fingerprint density at radius 2 is 1.90 bits per heavy atom. The number of hydrogen-bond acceptors (Lipinski definition) is 2. The van der Waals surface area contributed by atoms with E-state index in [1.165, 1.54) is 5.56 Å². The van der Waals surface area contributed by atoms with Gasteiger partial charge in [0.2, 0.25) is 5.91 Å². The summed E-state index contributed by atoms with van der Waals surface area (Å²) in [6.45, 7) is 4.21. The number of rotatable bonds is 5. The number of hydrogen-bond donors (Lipinski definition) is 1. The summed E-state index contributed by atoms with van der Waals surface area (Å²) in [5.74, 6) is 0.625. The molecule has 0 spiro atoms. The van der Waals surface area contributed by atoms with Crippen molar-refractivity contribution in [3.8, 4) is 0 Å². The van der Waals surface area contributed by atoms with E-state index in [1.54, 1.807) is 0 Å². The molecule has 0 aromatic heterocycles. The monoisotopic (exact) mass is 310 g/mol. The number of carbonyl (C=O) groups is 1. The Hall–Kier alpha value is -1.06. The van der Waals surface area contributed by atoms with Crippen LogP contribution in [0.2, 0.25) is 0 Å². The van der Waals surface area contributed by atoms with Gasteiger partial charge >= 0.3 is 0 Å². The number of piperidine rings is 1. The van der Waals surface area contributed by atoms with Gasteiger partial charge in [-0.25, -0.2) is 0 Å². The number of benzene rings is 1. The van der Waals surface area contributed by atoms with Gasteiger partial charge in [-0.3, -0.25) is 4.79 Å². The van der Waals surface area contributed by atoms with E-state index in [-0.39, 0.29) is 18.3 Å². The molecular formula is C17H27ClN2O. The van der Waals surface area contributed by atoms with Crippen LogP contribution in [0.3, 0.4) is 0 Å². The maximum Gasteiger partial charge on any atom is 0.223 e. The first-order valence-corrected chi connectivity index (χ1v) is 7.73. The molecule has 1 atom stereocenters. The van der Waals surface area contributed by atoms with Crippen LogP contribution in [0.1, 0.15) is 44.1 Å². The molecule has 0 radical (unpaired) electrons. The number of nitrogens with one attached hydrogen (secondary N) is 1. The van der Waals surface area contributed by atoms with Gasteiger partial charge in [0.1, 0.15) is 0 Å². The van der Waals surface area contributed by atoms with E-state index in [0.29, 0.717) is 18.4 Å². The highest BCUT2D eigenvalue weighted by molar-refractivity contribution is 5.85. The minimum atomic E-state index is 0. The normalized spacial score (nSPS) is 16.9. The van der Waals surface area contributed by atoms with E-state index in [9.17, 15) is 4.79 Å². The zero-order valence-electron chi connectivity index (χ0n) is 13.0. The Morgan fingerprint density at radius 3 is 2.48 bits per heavy atom. The second-order valence-corrected chi connectivity index (χ2v) is 5.71. The van der Waals surface area contributed by atoms with Gasteiger partial charge in [0.25, 0.3) is 0 Å². The van der Waals surface area contributed by atoms with Crippen LogP contribution in [0.15, 0.2) is 30.3 Å². The van der Waals surface area contributed by atoms with Crippen molar-refractivity contribution >= 4 is 18.3 Å². The molecule has 2 rings (SSSR count). The van der Waals surface area contributed by atoms with Gasteiger partial charge in [0, 0.05) is 19.5 Å². The highest BCUT2D eigenvalue weighted by atomic mass is 35.5. The van der Waals surface area contributed by atoms with Gasteiger partial charge in [-0.15, -0.1) is 12.4 Å². The van der Waals surface area contributed by atoms with Crippen molar-refractivity contribution in [1.29, 1.82) is 0 Å². The van der Waals surface area contributed by atoms with Crippen molar-refractivity contribution in [3.63, 3.8) is 0 Å². The SMILES string of the molecule is CCC(CC(=O)N(C)C1CCNCC1)c1ccccc1.Cl. The summed E-state index contributed by atoms with van der Waals surface area (Å²) < 4.78 is 0. The molecule has 3 nitrogen and oxygen atoms in total. The highest BCUT2D eigenvalue weighted by Gasteiger charge is 2.24. The predicted octanol–water partition coefficient (Wildman–Crippen LogP) is 3.20. The first-order chi connectivity index (χ1) is 9.72. The molecule has 1 unspecified atom stereocenters. The van der Waals surface area contributed by atoms with Crippen molar-refractivity contribution in [3.05, 3.63) is 35.9 Å². The minimum Gasteiger partial charge on any atom is -0.343 e. The number of amides is 1. The number of nitrogens with zero attached hydrogens (tertiary/aromatic N) is 1. The van der Waals surface area contributed by atoms with Gasteiger partial charge in [0.05, 0.1) is 0 Å². The van der Waals surface area contributed by atoms with Crippen LogP contribution in [0.4, 0.5) is 0 Å². The van der Waals surface area contributed by atoms with Gasteiger partial charge in [-0.1, -0.05) is 37.3 Å². The van der Waals surface area contributed by atoms with E-state index in [0.717, 1.165) is 32.4 Å². The van der Waals surface area contributed by atoms with E-state index in [1.807, 2.05) is 18.0 Å². The lowest BCUT2D eigenvalue weighted by Crippen LogP contribution is -2.44. The molecule has 0 bridgehead atoms. The molecule has 1 heterocycles. The van der Waals surface area contributed by atoms with Crippen LogP contribution >= 0.6 is 12.4 Å². The Morgan fingerprint density at radius 1 is 1.29 bits per heavy atom. The molecule has 21 heavy (non-hydrogen) atoms. The lowest BCUT2D eigenvalue weighted by atomic mass is 9.92. The molecule has 0 saturated carbocycles. The summed E-state index contributed by atoms with van der Waals surface area (Å²) in [6, 6.07) is 10.8. The van der Waals surface area contributed by atoms with Crippen LogP contribution in [-0.2, 0) is 4.79 Å². The van der Waals surface area contributed by atoms with Crippen molar-refractivity contribution in [2.24, 2.45) is 0 Å². The first-order valence-electron chi connectivity index (χ1n) is 7.73. The average Bonchev–Trinajstić information content (AvgIpc) is 2.53. The molecule has 1 amide bonds. The Kier molecular flexibility index (Phi) is 7.76. The van der Waals surface area contributed by atoms with Crippen LogP contribution in [0.25, 0.3) is 0 Å².